The number of fused-ring (bicyclic) bond motifs is 1. The minimum Gasteiger partial charge on any atom is -0.480 e. The third-order valence-corrected chi connectivity index (χ3v) is 2.82. The molecule has 0 aliphatic rings. The molecule has 7 heteroatoms. The van der Waals surface area contributed by atoms with E-state index in [0.29, 0.717) is 11.2 Å². The third kappa shape index (κ3) is 3.67. The highest BCUT2D eigenvalue weighted by atomic mass is 16.5. The van der Waals surface area contributed by atoms with Gasteiger partial charge in [-0.2, -0.15) is 0 Å². The highest BCUT2D eigenvalue weighted by Crippen LogP contribution is 2.20. The van der Waals surface area contributed by atoms with Crippen molar-refractivity contribution in [1.29, 1.82) is 0 Å². The number of para-hydroxylation sites is 1. The van der Waals surface area contributed by atoms with Crippen LogP contribution in [-0.2, 0) is 9.53 Å². The average Bonchev–Trinajstić information content (AvgIpc) is 2.47. The maximum Gasteiger partial charge on any atom is 0.328 e. The number of ether oxygens (including phenoxy) is 1. The van der Waals surface area contributed by atoms with Crippen molar-refractivity contribution in [2.45, 2.75) is 6.04 Å². The zero-order valence-corrected chi connectivity index (χ0v) is 11.4. The number of nitrogens with zero attached hydrogens (tertiary/aromatic N) is 1. The predicted molar refractivity (Wildman–Crippen MR) is 77.2 cm³/mol. The van der Waals surface area contributed by atoms with E-state index in [0.717, 1.165) is 5.39 Å². The summed E-state index contributed by atoms with van der Waals surface area (Å²) in [6.07, 6.45) is 1.62. The molecule has 2 rings (SSSR count). The van der Waals surface area contributed by atoms with E-state index in [2.05, 4.69) is 15.6 Å². The molecule has 1 atom stereocenters. The van der Waals surface area contributed by atoms with Crippen LogP contribution in [0.2, 0.25) is 0 Å². The molecule has 1 aromatic heterocycles. The SMILES string of the molecule is COCC(NC(=O)Nc1cccc2cccnc12)C(=O)O. The van der Waals surface area contributed by atoms with E-state index in [1.54, 1.807) is 24.4 Å². The lowest BCUT2D eigenvalue weighted by molar-refractivity contribution is -0.140. The molecule has 3 N–H and O–H groups in total. The molecular formula is C14H15N3O4. The number of aromatic nitrogens is 1. The Morgan fingerprint density at radius 3 is 2.81 bits per heavy atom. The molecule has 2 amide bonds. The van der Waals surface area contributed by atoms with Crippen LogP contribution in [0.5, 0.6) is 0 Å². The highest BCUT2D eigenvalue weighted by molar-refractivity contribution is 6.00. The van der Waals surface area contributed by atoms with Crippen molar-refractivity contribution in [2.75, 3.05) is 19.0 Å². The summed E-state index contributed by atoms with van der Waals surface area (Å²) < 4.78 is 4.75. The molecule has 1 unspecified atom stereocenters. The summed E-state index contributed by atoms with van der Waals surface area (Å²) >= 11 is 0. The fourth-order valence-electron chi connectivity index (χ4n) is 1.86. The first kappa shape index (κ1) is 14.7. The first-order valence-electron chi connectivity index (χ1n) is 6.25. The van der Waals surface area contributed by atoms with E-state index in [9.17, 15) is 9.59 Å². The molecule has 0 aliphatic heterocycles. The van der Waals surface area contributed by atoms with Crippen molar-refractivity contribution in [3.63, 3.8) is 0 Å². The van der Waals surface area contributed by atoms with E-state index < -0.39 is 18.0 Å². The van der Waals surface area contributed by atoms with Gasteiger partial charge >= 0.3 is 12.0 Å². The number of aliphatic carboxylic acids is 1. The molecule has 7 nitrogen and oxygen atoms in total. The van der Waals surface area contributed by atoms with Gasteiger partial charge in [-0.25, -0.2) is 9.59 Å². The van der Waals surface area contributed by atoms with Crippen molar-refractivity contribution in [1.82, 2.24) is 10.3 Å². The summed E-state index contributed by atoms with van der Waals surface area (Å²) in [6, 6.07) is 7.28. The Morgan fingerprint density at radius 2 is 2.10 bits per heavy atom. The van der Waals surface area contributed by atoms with Crippen LogP contribution in [0, 0.1) is 0 Å². The van der Waals surface area contributed by atoms with Crippen LogP contribution in [-0.4, -0.2) is 41.8 Å². The molecule has 0 saturated carbocycles. The number of hydrogen-bond acceptors (Lipinski definition) is 4. The van der Waals surface area contributed by atoms with Gasteiger partial charge in [-0.1, -0.05) is 18.2 Å². The highest BCUT2D eigenvalue weighted by Gasteiger charge is 2.19. The third-order valence-electron chi connectivity index (χ3n) is 2.82. The van der Waals surface area contributed by atoms with Gasteiger partial charge in [-0.15, -0.1) is 0 Å². The Labute approximate surface area is 120 Å². The number of rotatable bonds is 5. The number of nitrogens with one attached hydrogen (secondary N) is 2. The molecule has 1 heterocycles. The monoisotopic (exact) mass is 289 g/mol. The smallest absolute Gasteiger partial charge is 0.328 e. The number of anilines is 1. The Bertz CT molecular complexity index is 654. The van der Waals surface area contributed by atoms with E-state index in [4.69, 9.17) is 9.84 Å². The van der Waals surface area contributed by atoms with Crippen molar-refractivity contribution in [3.05, 3.63) is 36.5 Å². The summed E-state index contributed by atoms with van der Waals surface area (Å²) in [5.41, 5.74) is 1.14. The summed E-state index contributed by atoms with van der Waals surface area (Å²) in [7, 11) is 1.37. The molecular weight excluding hydrogens is 274 g/mol. The van der Waals surface area contributed by atoms with E-state index in [1.807, 2.05) is 12.1 Å². The van der Waals surface area contributed by atoms with Crippen LogP contribution in [0.4, 0.5) is 10.5 Å². The van der Waals surface area contributed by atoms with Gasteiger partial charge in [0.1, 0.15) is 0 Å². The predicted octanol–water partition coefficient (Wildman–Crippen LogP) is 1.46. The van der Waals surface area contributed by atoms with Crippen LogP contribution in [0.1, 0.15) is 0 Å². The Morgan fingerprint density at radius 1 is 1.33 bits per heavy atom. The number of carbonyl (C=O) groups is 2. The second-order valence-corrected chi connectivity index (χ2v) is 4.33. The van der Waals surface area contributed by atoms with Crippen molar-refractivity contribution >= 4 is 28.6 Å². The quantitative estimate of drug-likeness (QED) is 0.773. The lowest BCUT2D eigenvalue weighted by Gasteiger charge is -2.14. The number of amides is 2. The fourth-order valence-corrected chi connectivity index (χ4v) is 1.86. The van der Waals surface area contributed by atoms with Crippen LogP contribution < -0.4 is 10.6 Å². The lowest BCUT2D eigenvalue weighted by Crippen LogP contribution is -2.45. The number of carboxylic acid groups (broad SMARTS) is 1. The topological polar surface area (TPSA) is 101 Å². The molecule has 2 aromatic rings. The number of pyridine rings is 1. The van der Waals surface area contributed by atoms with Gasteiger partial charge in [0.15, 0.2) is 6.04 Å². The van der Waals surface area contributed by atoms with Crippen LogP contribution >= 0.6 is 0 Å². The molecule has 0 bridgehead atoms. The van der Waals surface area contributed by atoms with Gasteiger partial charge in [0.25, 0.3) is 0 Å². The minimum atomic E-state index is -1.16. The number of carbonyl (C=O) groups excluding carboxylic acids is 1. The zero-order chi connectivity index (χ0) is 15.2. The Kier molecular flexibility index (Phi) is 4.68. The average molecular weight is 289 g/mol. The molecule has 0 aliphatic carbocycles. The first-order valence-corrected chi connectivity index (χ1v) is 6.25. The molecule has 1 aromatic carbocycles. The molecule has 0 radical (unpaired) electrons. The number of carboxylic acids is 1. The second kappa shape index (κ2) is 6.67. The van der Waals surface area contributed by atoms with E-state index in [1.165, 1.54) is 7.11 Å². The van der Waals surface area contributed by atoms with Gasteiger partial charge in [0, 0.05) is 18.7 Å². The normalized spacial score (nSPS) is 11.9. The lowest BCUT2D eigenvalue weighted by atomic mass is 10.2. The number of methoxy groups -OCH3 is 1. The molecule has 0 fully saturated rings. The van der Waals surface area contributed by atoms with Crippen molar-refractivity contribution < 1.29 is 19.4 Å². The second-order valence-electron chi connectivity index (χ2n) is 4.33. The summed E-state index contributed by atoms with van der Waals surface area (Å²) in [6.45, 7) is -0.115. The van der Waals surface area contributed by atoms with Crippen molar-refractivity contribution in [2.24, 2.45) is 0 Å². The van der Waals surface area contributed by atoms with E-state index in [-0.39, 0.29) is 6.61 Å². The summed E-state index contributed by atoms with van der Waals surface area (Å²) in [5.74, 6) is -1.16. The number of hydrogen-bond donors (Lipinski definition) is 3. The number of urea groups is 1. The van der Waals surface area contributed by atoms with Gasteiger partial charge in [-0.3, -0.25) is 4.98 Å². The van der Waals surface area contributed by atoms with Crippen LogP contribution in [0.15, 0.2) is 36.5 Å². The fraction of sp³-hybridized carbons (Fsp3) is 0.214. The maximum atomic E-state index is 11.9. The van der Waals surface area contributed by atoms with Gasteiger partial charge < -0.3 is 20.5 Å². The van der Waals surface area contributed by atoms with Crippen molar-refractivity contribution in [3.8, 4) is 0 Å². The molecule has 0 spiro atoms. The van der Waals surface area contributed by atoms with Gasteiger partial charge in [0.2, 0.25) is 0 Å². The molecule has 21 heavy (non-hydrogen) atoms. The summed E-state index contributed by atoms with van der Waals surface area (Å²) in [5, 5.41) is 14.8. The van der Waals surface area contributed by atoms with Gasteiger partial charge in [-0.05, 0) is 12.1 Å². The number of benzene rings is 1. The Balaban J connectivity index is 2.13. The standard InChI is InChI=1S/C14H15N3O4/c1-21-8-11(13(18)19)17-14(20)16-10-6-2-4-9-5-3-7-15-12(9)10/h2-7,11H,8H2,1H3,(H,18,19)(H2,16,17,20). The zero-order valence-electron chi connectivity index (χ0n) is 11.4. The summed E-state index contributed by atoms with van der Waals surface area (Å²) in [4.78, 5) is 27.0. The van der Waals surface area contributed by atoms with E-state index >= 15 is 0 Å². The van der Waals surface area contributed by atoms with Gasteiger partial charge in [0.05, 0.1) is 17.8 Å². The first-order chi connectivity index (χ1) is 10.1. The largest absolute Gasteiger partial charge is 0.480 e. The Hall–Kier alpha value is -2.67. The molecule has 110 valence electrons. The van der Waals surface area contributed by atoms with Crippen LogP contribution in [0.3, 0.4) is 0 Å². The minimum absolute atomic E-state index is 0.115. The maximum absolute atomic E-state index is 11.9. The molecule has 0 saturated heterocycles. The van der Waals surface area contributed by atoms with Crippen LogP contribution in [0.25, 0.3) is 10.9 Å².